The highest BCUT2D eigenvalue weighted by Crippen LogP contribution is 2.51. The Balaban J connectivity index is 0.960. The fraction of sp³-hybridized carbons (Fsp3) is 0.366. The Bertz CT molecular complexity index is 1730. The molecule has 2 heterocycles. The topological polar surface area (TPSA) is 55.9 Å². The molecule has 0 unspecified atom stereocenters. The van der Waals surface area contributed by atoms with E-state index in [-0.39, 0.29) is 11.8 Å². The number of aryl methyl sites for hydroxylation is 1. The van der Waals surface area contributed by atoms with Crippen LogP contribution in [0.4, 0.5) is 5.69 Å². The second-order valence-corrected chi connectivity index (χ2v) is 13.4. The van der Waals surface area contributed by atoms with Crippen LogP contribution in [-0.2, 0) is 23.2 Å². The van der Waals surface area contributed by atoms with E-state index in [0.717, 1.165) is 92.9 Å². The second-order valence-electron chi connectivity index (χ2n) is 13.4. The number of fused-ring (bicyclic) bond motifs is 4. The predicted molar refractivity (Wildman–Crippen MR) is 190 cm³/mol. The summed E-state index contributed by atoms with van der Waals surface area (Å²) < 4.78 is 0. The van der Waals surface area contributed by atoms with Gasteiger partial charge in [0.1, 0.15) is 5.41 Å². The summed E-state index contributed by atoms with van der Waals surface area (Å²) in [4.78, 5) is 34.4. The molecule has 4 aromatic rings. The molecule has 1 N–H and O–H groups in total. The van der Waals surface area contributed by atoms with Gasteiger partial charge in [-0.2, -0.15) is 0 Å². The summed E-state index contributed by atoms with van der Waals surface area (Å²) in [5.41, 5.74) is 9.61. The number of anilines is 1. The average molecular weight is 627 g/mol. The lowest BCUT2D eigenvalue weighted by Crippen LogP contribution is -2.47. The third-order valence-corrected chi connectivity index (χ3v) is 10.5. The normalized spacial score (nSPS) is 16.9. The highest BCUT2D eigenvalue weighted by atomic mass is 16.2. The third kappa shape index (κ3) is 5.96. The summed E-state index contributed by atoms with van der Waals surface area (Å²) in [7, 11) is 0. The molecule has 0 saturated carbocycles. The van der Waals surface area contributed by atoms with Crippen LogP contribution >= 0.6 is 0 Å². The largest absolute Gasteiger partial charge is 0.369 e. The van der Waals surface area contributed by atoms with Gasteiger partial charge in [0.05, 0.1) is 0 Å². The first-order valence-corrected chi connectivity index (χ1v) is 17.4. The minimum Gasteiger partial charge on any atom is -0.369 e. The molecule has 0 radical (unpaired) electrons. The number of benzene rings is 4. The SMILES string of the molecule is CCNC(=O)C1(CCCCN2CCN(c3ccc4c(c3)C(=O)N(Cc3cccc(C)c3)CC4)CC2)c2ccccc2-c2ccccc21. The van der Waals surface area contributed by atoms with Crippen molar-refractivity contribution >= 4 is 17.5 Å². The molecular formula is C41H46N4O2. The van der Waals surface area contributed by atoms with Crippen molar-refractivity contribution < 1.29 is 9.59 Å². The number of carbonyl (C=O) groups is 2. The Morgan fingerprint density at radius 3 is 2.21 bits per heavy atom. The van der Waals surface area contributed by atoms with E-state index in [0.29, 0.717) is 13.1 Å². The maximum absolute atomic E-state index is 13.8. The first-order valence-electron chi connectivity index (χ1n) is 17.4. The Morgan fingerprint density at radius 2 is 1.51 bits per heavy atom. The van der Waals surface area contributed by atoms with E-state index in [1.807, 2.05) is 11.8 Å². The molecule has 6 heteroatoms. The zero-order valence-electron chi connectivity index (χ0n) is 27.8. The quantitative estimate of drug-likeness (QED) is 0.202. The molecule has 1 aliphatic carbocycles. The molecular weight excluding hydrogens is 580 g/mol. The van der Waals surface area contributed by atoms with Gasteiger partial charge in [-0.3, -0.25) is 14.5 Å². The van der Waals surface area contributed by atoms with Gasteiger partial charge in [0, 0.05) is 57.1 Å². The summed E-state index contributed by atoms with van der Waals surface area (Å²) >= 11 is 0. The van der Waals surface area contributed by atoms with Crippen molar-refractivity contribution in [2.45, 2.75) is 51.5 Å². The summed E-state index contributed by atoms with van der Waals surface area (Å²) in [6.45, 7) is 11.1. The molecule has 0 aromatic heterocycles. The van der Waals surface area contributed by atoms with Gasteiger partial charge in [-0.25, -0.2) is 0 Å². The number of likely N-dealkylation sites (N-methyl/N-ethyl adjacent to an activating group) is 1. The van der Waals surface area contributed by atoms with Crippen LogP contribution in [0.15, 0.2) is 91.0 Å². The van der Waals surface area contributed by atoms with Crippen LogP contribution in [0, 0.1) is 6.92 Å². The number of piperazine rings is 1. The molecule has 2 amide bonds. The van der Waals surface area contributed by atoms with Crippen LogP contribution in [0.5, 0.6) is 0 Å². The maximum Gasteiger partial charge on any atom is 0.254 e. The van der Waals surface area contributed by atoms with Gasteiger partial charge in [0.25, 0.3) is 5.91 Å². The molecule has 0 bridgehead atoms. The molecule has 6 nitrogen and oxygen atoms in total. The Kier molecular flexibility index (Phi) is 8.87. The van der Waals surface area contributed by atoms with Gasteiger partial charge in [0.15, 0.2) is 0 Å². The van der Waals surface area contributed by atoms with E-state index >= 15 is 0 Å². The Labute approximate surface area is 279 Å². The number of unbranched alkanes of at least 4 members (excludes halogenated alkanes) is 1. The van der Waals surface area contributed by atoms with E-state index in [9.17, 15) is 9.59 Å². The first kappa shape index (κ1) is 31.2. The van der Waals surface area contributed by atoms with Gasteiger partial charge < -0.3 is 15.1 Å². The van der Waals surface area contributed by atoms with Gasteiger partial charge >= 0.3 is 0 Å². The molecule has 242 valence electrons. The van der Waals surface area contributed by atoms with Crippen LogP contribution in [-0.4, -0.2) is 67.4 Å². The molecule has 2 aliphatic heterocycles. The standard InChI is InChI=1S/C41H46N4O2/c1-3-42-40(47)41(37-15-6-4-13-34(37)35-14-5-7-16-38(35)41)20-8-9-21-43-23-25-44(26-24-43)33-18-17-32-19-22-45(39(46)36(32)28-33)29-31-12-10-11-30(2)27-31/h4-7,10-18,27-28H,3,8-9,19-26,29H2,1-2H3,(H,42,47). The molecule has 0 spiro atoms. The number of nitrogens with zero attached hydrogens (tertiary/aromatic N) is 3. The Hall–Kier alpha value is -4.42. The van der Waals surface area contributed by atoms with Crippen molar-refractivity contribution in [3.05, 3.63) is 124 Å². The molecule has 1 fully saturated rings. The second kappa shape index (κ2) is 13.4. The summed E-state index contributed by atoms with van der Waals surface area (Å²) in [6.07, 6.45) is 3.73. The molecule has 4 aromatic carbocycles. The smallest absolute Gasteiger partial charge is 0.254 e. The number of nitrogens with one attached hydrogen (secondary N) is 1. The third-order valence-electron chi connectivity index (χ3n) is 10.5. The monoisotopic (exact) mass is 626 g/mol. The van der Waals surface area contributed by atoms with Crippen molar-refractivity contribution in [3.63, 3.8) is 0 Å². The van der Waals surface area contributed by atoms with E-state index in [4.69, 9.17) is 0 Å². The van der Waals surface area contributed by atoms with Gasteiger partial charge in [-0.1, -0.05) is 90.8 Å². The zero-order valence-corrected chi connectivity index (χ0v) is 27.8. The number of hydrogen-bond donors (Lipinski definition) is 1. The molecule has 47 heavy (non-hydrogen) atoms. The van der Waals surface area contributed by atoms with Gasteiger partial charge in [-0.05, 0) is 85.2 Å². The minimum absolute atomic E-state index is 0.118. The fourth-order valence-corrected chi connectivity index (χ4v) is 8.11. The predicted octanol–water partition coefficient (Wildman–Crippen LogP) is 6.59. The van der Waals surface area contributed by atoms with Crippen LogP contribution in [0.3, 0.4) is 0 Å². The highest BCUT2D eigenvalue weighted by molar-refractivity contribution is 6.00. The molecule has 3 aliphatic rings. The van der Waals surface area contributed by atoms with Crippen LogP contribution in [0.1, 0.15) is 64.4 Å². The van der Waals surface area contributed by atoms with Crippen molar-refractivity contribution in [2.24, 2.45) is 0 Å². The van der Waals surface area contributed by atoms with Crippen molar-refractivity contribution in [3.8, 4) is 11.1 Å². The van der Waals surface area contributed by atoms with E-state index in [1.165, 1.54) is 22.3 Å². The first-order chi connectivity index (χ1) is 23.0. The summed E-state index contributed by atoms with van der Waals surface area (Å²) in [5.74, 6) is 0.263. The highest BCUT2D eigenvalue weighted by Gasteiger charge is 2.48. The van der Waals surface area contributed by atoms with Gasteiger partial charge in [0.2, 0.25) is 5.91 Å². The van der Waals surface area contributed by atoms with E-state index < -0.39 is 5.41 Å². The Morgan fingerprint density at radius 1 is 0.787 bits per heavy atom. The lowest BCUT2D eigenvalue weighted by molar-refractivity contribution is -0.125. The van der Waals surface area contributed by atoms with Gasteiger partial charge in [-0.15, -0.1) is 0 Å². The number of carbonyl (C=O) groups excluding carboxylic acids is 2. The van der Waals surface area contributed by atoms with E-state index in [2.05, 4.69) is 113 Å². The van der Waals surface area contributed by atoms with Crippen molar-refractivity contribution in [1.82, 2.24) is 15.1 Å². The maximum atomic E-state index is 13.8. The fourth-order valence-electron chi connectivity index (χ4n) is 8.11. The number of amides is 2. The summed E-state index contributed by atoms with van der Waals surface area (Å²) in [5, 5.41) is 3.18. The minimum atomic E-state index is -0.638. The number of hydrogen-bond acceptors (Lipinski definition) is 4. The number of rotatable bonds is 10. The molecule has 0 atom stereocenters. The average Bonchev–Trinajstić information content (AvgIpc) is 3.39. The summed E-state index contributed by atoms with van der Waals surface area (Å²) in [6, 6.07) is 31.9. The van der Waals surface area contributed by atoms with Crippen LogP contribution in [0.2, 0.25) is 0 Å². The van der Waals surface area contributed by atoms with Crippen molar-refractivity contribution in [2.75, 3.05) is 50.7 Å². The lowest BCUT2D eigenvalue weighted by atomic mass is 9.73. The molecule has 1 saturated heterocycles. The van der Waals surface area contributed by atoms with Crippen LogP contribution in [0.25, 0.3) is 11.1 Å². The lowest BCUT2D eigenvalue weighted by Gasteiger charge is -2.37. The molecule has 7 rings (SSSR count). The van der Waals surface area contributed by atoms with E-state index in [1.54, 1.807) is 0 Å². The zero-order chi connectivity index (χ0) is 32.4. The van der Waals surface area contributed by atoms with Crippen molar-refractivity contribution in [1.29, 1.82) is 0 Å². The van der Waals surface area contributed by atoms with Crippen LogP contribution < -0.4 is 10.2 Å².